The van der Waals surface area contributed by atoms with Crippen molar-refractivity contribution in [2.75, 3.05) is 19.6 Å². The quantitative estimate of drug-likeness (QED) is 0.795. The molecule has 0 aromatic rings. The Bertz CT molecular complexity index is 219. The molecule has 0 aromatic carbocycles. The first-order valence-corrected chi connectivity index (χ1v) is 7.13. The maximum absolute atomic E-state index is 6.38. The lowest BCUT2D eigenvalue weighted by Crippen LogP contribution is -2.62. The third kappa shape index (κ3) is 2.43. The van der Waals surface area contributed by atoms with Crippen LogP contribution in [0.15, 0.2) is 0 Å². The Labute approximate surface area is 101 Å². The van der Waals surface area contributed by atoms with E-state index in [9.17, 15) is 0 Å². The third-order valence-electron chi connectivity index (χ3n) is 4.98. The van der Waals surface area contributed by atoms with E-state index < -0.39 is 0 Å². The Kier molecular flexibility index (Phi) is 3.60. The predicted molar refractivity (Wildman–Crippen MR) is 69.5 cm³/mol. The van der Waals surface area contributed by atoms with Gasteiger partial charge in [-0.3, -0.25) is 0 Å². The lowest BCUT2D eigenvalue weighted by atomic mass is 9.68. The van der Waals surface area contributed by atoms with E-state index in [2.05, 4.69) is 18.7 Å². The molecule has 2 rings (SSSR count). The van der Waals surface area contributed by atoms with E-state index in [1.165, 1.54) is 45.2 Å². The van der Waals surface area contributed by atoms with E-state index in [4.69, 9.17) is 5.73 Å². The van der Waals surface area contributed by atoms with Gasteiger partial charge in [-0.15, -0.1) is 0 Å². The second kappa shape index (κ2) is 4.66. The van der Waals surface area contributed by atoms with E-state index in [1.807, 2.05) is 0 Å². The molecule has 1 aliphatic heterocycles. The molecular formula is C14H28N2. The molecule has 0 radical (unpaired) electrons. The summed E-state index contributed by atoms with van der Waals surface area (Å²) in [4.78, 5) is 2.60. The average Bonchev–Trinajstić information content (AvgIpc) is 2.28. The summed E-state index contributed by atoms with van der Waals surface area (Å²) in [6.45, 7) is 8.21. The van der Waals surface area contributed by atoms with Crippen molar-refractivity contribution in [2.24, 2.45) is 11.1 Å². The van der Waals surface area contributed by atoms with Gasteiger partial charge in [-0.25, -0.2) is 0 Å². The number of nitrogens with two attached hydrogens (primary N) is 1. The van der Waals surface area contributed by atoms with E-state index in [-0.39, 0.29) is 5.54 Å². The maximum atomic E-state index is 6.38. The molecule has 1 aliphatic carbocycles. The normalized spacial score (nSPS) is 25.7. The van der Waals surface area contributed by atoms with Gasteiger partial charge in [-0.2, -0.15) is 0 Å². The molecule has 0 amide bonds. The van der Waals surface area contributed by atoms with Gasteiger partial charge in [0.2, 0.25) is 0 Å². The fourth-order valence-electron chi connectivity index (χ4n) is 3.55. The van der Waals surface area contributed by atoms with Crippen LogP contribution in [0.1, 0.15) is 58.8 Å². The van der Waals surface area contributed by atoms with Crippen LogP contribution in [-0.4, -0.2) is 30.1 Å². The van der Waals surface area contributed by atoms with E-state index in [1.54, 1.807) is 0 Å². The van der Waals surface area contributed by atoms with Gasteiger partial charge in [0, 0.05) is 25.2 Å². The number of hydrogen-bond acceptors (Lipinski definition) is 2. The summed E-state index contributed by atoms with van der Waals surface area (Å²) < 4.78 is 0. The van der Waals surface area contributed by atoms with Crippen molar-refractivity contribution in [3.8, 4) is 0 Å². The summed E-state index contributed by atoms with van der Waals surface area (Å²) in [5.41, 5.74) is 7.16. The lowest BCUT2D eigenvalue weighted by molar-refractivity contribution is -0.0402. The van der Waals surface area contributed by atoms with E-state index in [0.29, 0.717) is 5.41 Å². The zero-order chi connectivity index (χ0) is 11.6. The molecule has 1 spiro atoms. The highest BCUT2D eigenvalue weighted by Crippen LogP contribution is 2.44. The molecule has 0 bridgehead atoms. The third-order valence-corrected chi connectivity index (χ3v) is 4.98. The minimum atomic E-state index is 0.0658. The number of nitrogens with zero attached hydrogens (tertiary/aromatic N) is 1. The first-order valence-electron chi connectivity index (χ1n) is 7.13. The van der Waals surface area contributed by atoms with E-state index >= 15 is 0 Å². The molecule has 2 fully saturated rings. The van der Waals surface area contributed by atoms with Gasteiger partial charge < -0.3 is 10.6 Å². The Hall–Kier alpha value is -0.0800. The molecule has 1 saturated carbocycles. The first kappa shape index (κ1) is 12.4. The number of likely N-dealkylation sites (tertiary alicyclic amines) is 1. The van der Waals surface area contributed by atoms with Crippen LogP contribution in [0.5, 0.6) is 0 Å². The van der Waals surface area contributed by atoms with Crippen molar-refractivity contribution in [1.82, 2.24) is 4.90 Å². The molecule has 94 valence electrons. The largest absolute Gasteiger partial charge is 0.324 e. The monoisotopic (exact) mass is 224 g/mol. The lowest BCUT2D eigenvalue weighted by Gasteiger charge is -2.54. The maximum Gasteiger partial charge on any atom is 0.0278 e. The second-order valence-electron chi connectivity index (χ2n) is 6.28. The number of hydrogen-bond donors (Lipinski definition) is 1. The average molecular weight is 224 g/mol. The summed E-state index contributed by atoms with van der Waals surface area (Å²) in [6.07, 6.45) is 9.54. The standard InChI is InChI=1S/C14H28N2/c1-3-14(15,4-2)12-16-10-13(11-16)8-6-5-7-9-13/h3-12,15H2,1-2H3. The fourth-order valence-corrected chi connectivity index (χ4v) is 3.55. The molecular weight excluding hydrogens is 196 g/mol. The predicted octanol–water partition coefficient (Wildman–Crippen LogP) is 2.77. The molecule has 1 saturated heterocycles. The van der Waals surface area contributed by atoms with Gasteiger partial charge in [0.15, 0.2) is 0 Å². The molecule has 1 heterocycles. The van der Waals surface area contributed by atoms with Gasteiger partial charge in [-0.1, -0.05) is 33.1 Å². The van der Waals surface area contributed by atoms with Crippen LogP contribution in [0, 0.1) is 5.41 Å². The Balaban J connectivity index is 1.79. The van der Waals surface area contributed by atoms with Crippen molar-refractivity contribution in [2.45, 2.75) is 64.3 Å². The highest BCUT2D eigenvalue weighted by Gasteiger charge is 2.44. The molecule has 2 aliphatic rings. The van der Waals surface area contributed by atoms with Gasteiger partial charge in [-0.05, 0) is 31.1 Å². The van der Waals surface area contributed by atoms with Crippen LogP contribution in [0.4, 0.5) is 0 Å². The van der Waals surface area contributed by atoms with Gasteiger partial charge >= 0.3 is 0 Å². The SMILES string of the molecule is CCC(N)(CC)CN1CC2(CCCCC2)C1. The van der Waals surface area contributed by atoms with Crippen LogP contribution in [0.3, 0.4) is 0 Å². The van der Waals surface area contributed by atoms with Crippen molar-refractivity contribution in [3.05, 3.63) is 0 Å². The molecule has 0 atom stereocenters. The summed E-state index contributed by atoms with van der Waals surface area (Å²) >= 11 is 0. The molecule has 2 nitrogen and oxygen atoms in total. The summed E-state index contributed by atoms with van der Waals surface area (Å²) in [5, 5.41) is 0. The van der Waals surface area contributed by atoms with Crippen LogP contribution in [0.25, 0.3) is 0 Å². The zero-order valence-electron chi connectivity index (χ0n) is 11.1. The van der Waals surface area contributed by atoms with Crippen molar-refractivity contribution in [1.29, 1.82) is 0 Å². The summed E-state index contributed by atoms with van der Waals surface area (Å²) in [5.74, 6) is 0. The van der Waals surface area contributed by atoms with Gasteiger partial charge in [0.25, 0.3) is 0 Å². The summed E-state index contributed by atoms with van der Waals surface area (Å²) in [7, 11) is 0. The van der Waals surface area contributed by atoms with Gasteiger partial charge in [0.1, 0.15) is 0 Å². The highest BCUT2D eigenvalue weighted by atomic mass is 15.2. The van der Waals surface area contributed by atoms with Gasteiger partial charge in [0.05, 0.1) is 0 Å². The molecule has 16 heavy (non-hydrogen) atoms. The van der Waals surface area contributed by atoms with Crippen molar-refractivity contribution < 1.29 is 0 Å². The highest BCUT2D eigenvalue weighted by molar-refractivity contribution is 4.99. The van der Waals surface area contributed by atoms with Crippen molar-refractivity contribution in [3.63, 3.8) is 0 Å². The smallest absolute Gasteiger partial charge is 0.0278 e. The minimum Gasteiger partial charge on any atom is -0.324 e. The van der Waals surface area contributed by atoms with Crippen LogP contribution in [0.2, 0.25) is 0 Å². The Morgan fingerprint density at radius 3 is 2.12 bits per heavy atom. The fraction of sp³-hybridized carbons (Fsp3) is 1.00. The second-order valence-corrected chi connectivity index (χ2v) is 6.28. The molecule has 2 heteroatoms. The zero-order valence-corrected chi connectivity index (χ0v) is 11.1. The summed E-state index contributed by atoms with van der Waals surface area (Å²) in [6, 6.07) is 0. The van der Waals surface area contributed by atoms with Crippen LogP contribution >= 0.6 is 0 Å². The Morgan fingerprint density at radius 2 is 1.62 bits per heavy atom. The van der Waals surface area contributed by atoms with E-state index in [0.717, 1.165) is 19.4 Å². The van der Waals surface area contributed by atoms with Crippen molar-refractivity contribution >= 4 is 0 Å². The molecule has 0 unspecified atom stereocenters. The topological polar surface area (TPSA) is 29.3 Å². The number of rotatable bonds is 4. The first-order chi connectivity index (χ1) is 7.61. The molecule has 2 N–H and O–H groups in total. The van der Waals surface area contributed by atoms with Crippen LogP contribution < -0.4 is 5.73 Å². The molecule has 0 aromatic heterocycles. The Morgan fingerprint density at radius 1 is 1.06 bits per heavy atom. The minimum absolute atomic E-state index is 0.0658. The van der Waals surface area contributed by atoms with Crippen LogP contribution in [-0.2, 0) is 0 Å².